The highest BCUT2D eigenvalue weighted by molar-refractivity contribution is 6.01. The molecule has 1 amide bonds. The van der Waals surface area contributed by atoms with Crippen molar-refractivity contribution in [3.8, 4) is 28.5 Å². The fraction of sp³-hybridized carbons (Fsp3) is 0.240. The van der Waals surface area contributed by atoms with Gasteiger partial charge < -0.3 is 24.6 Å². The fourth-order valence-electron chi connectivity index (χ4n) is 3.23. The van der Waals surface area contributed by atoms with Gasteiger partial charge in [0, 0.05) is 11.1 Å². The fourth-order valence-corrected chi connectivity index (χ4v) is 3.23. The average molecular weight is 504 g/mol. The molecule has 0 atom stereocenters. The van der Waals surface area contributed by atoms with Gasteiger partial charge in [0.25, 0.3) is 5.91 Å². The Bertz CT molecular complexity index is 1230. The third kappa shape index (κ3) is 6.30. The molecule has 2 aromatic carbocycles. The summed E-state index contributed by atoms with van der Waals surface area (Å²) in [5.74, 6) is -0.176. The predicted octanol–water partition coefficient (Wildman–Crippen LogP) is 3.77. The van der Waals surface area contributed by atoms with Crippen LogP contribution < -0.4 is 19.5 Å². The maximum absolute atomic E-state index is 12.9. The minimum Gasteiger partial charge on any atom is -0.494 e. The van der Waals surface area contributed by atoms with Crippen molar-refractivity contribution in [1.29, 1.82) is 0 Å². The van der Waals surface area contributed by atoms with Crippen molar-refractivity contribution in [3.05, 3.63) is 71.4 Å². The molecule has 0 aliphatic carbocycles. The highest BCUT2D eigenvalue weighted by Gasteiger charge is 2.30. The lowest BCUT2D eigenvalue weighted by atomic mass is 10.1. The van der Waals surface area contributed by atoms with E-state index < -0.39 is 23.4 Å². The number of alkyl halides is 3. The summed E-state index contributed by atoms with van der Waals surface area (Å²) in [6, 6.07) is 11.6. The van der Waals surface area contributed by atoms with Crippen LogP contribution in [0.3, 0.4) is 0 Å². The van der Waals surface area contributed by atoms with Crippen molar-refractivity contribution < 1.29 is 42.1 Å². The van der Waals surface area contributed by atoms with Gasteiger partial charge in [0.15, 0.2) is 17.3 Å². The largest absolute Gasteiger partial charge is 0.494 e. The van der Waals surface area contributed by atoms with Crippen LogP contribution in [-0.4, -0.2) is 55.8 Å². The number of ether oxygens (including phenoxy) is 3. The van der Waals surface area contributed by atoms with Gasteiger partial charge in [0.2, 0.25) is 0 Å². The van der Waals surface area contributed by atoms with E-state index in [1.165, 1.54) is 56.7 Å². The van der Waals surface area contributed by atoms with Gasteiger partial charge in [-0.3, -0.25) is 9.59 Å². The summed E-state index contributed by atoms with van der Waals surface area (Å²) in [5, 5.41) is 11.4. The lowest BCUT2D eigenvalue weighted by molar-refractivity contribution is -0.137. The third-order valence-electron chi connectivity index (χ3n) is 5.03. The van der Waals surface area contributed by atoms with E-state index in [9.17, 15) is 22.8 Å². The lowest BCUT2D eigenvalue weighted by Gasteiger charge is -2.12. The molecule has 0 spiro atoms. The number of aliphatic hydroxyl groups is 1. The van der Waals surface area contributed by atoms with E-state index in [2.05, 4.69) is 10.3 Å². The topological polar surface area (TPSA) is 107 Å². The molecule has 0 aliphatic heterocycles. The maximum atomic E-state index is 12.9. The van der Waals surface area contributed by atoms with Crippen molar-refractivity contribution in [2.75, 3.05) is 34.0 Å². The Labute approximate surface area is 204 Å². The molecule has 0 saturated carbocycles. The molecular weight excluding hydrogens is 481 g/mol. The van der Waals surface area contributed by atoms with E-state index in [1.54, 1.807) is 0 Å². The summed E-state index contributed by atoms with van der Waals surface area (Å²) in [6.07, 6.45) is -4.48. The number of rotatable bonds is 10. The van der Waals surface area contributed by atoms with Crippen molar-refractivity contribution >= 4 is 11.7 Å². The molecule has 36 heavy (non-hydrogen) atoms. The van der Waals surface area contributed by atoms with Crippen LogP contribution in [-0.2, 0) is 6.18 Å². The summed E-state index contributed by atoms with van der Waals surface area (Å²) in [7, 11) is 2.77. The number of hydrogen-bond acceptors (Lipinski definition) is 7. The highest BCUT2D eigenvalue weighted by Crippen LogP contribution is 2.33. The van der Waals surface area contributed by atoms with Crippen LogP contribution >= 0.6 is 0 Å². The monoisotopic (exact) mass is 504 g/mol. The average Bonchev–Trinajstić information content (AvgIpc) is 2.89. The number of aromatic nitrogens is 1. The Hall–Kier alpha value is -4.12. The SMILES string of the molecule is COc1cc(C(=O)NCC(=O)c2ccc(OC)c(-c3ccc(C(F)(F)F)cc3)n2)ccc1OCCO. The second-order valence-corrected chi connectivity index (χ2v) is 7.37. The molecule has 8 nitrogen and oxygen atoms in total. The Morgan fingerprint density at radius 2 is 1.61 bits per heavy atom. The summed E-state index contributed by atoms with van der Waals surface area (Å²) in [5.41, 5.74) is -0.0917. The molecule has 190 valence electrons. The third-order valence-corrected chi connectivity index (χ3v) is 5.03. The first kappa shape index (κ1) is 26.5. The Morgan fingerprint density at radius 1 is 0.944 bits per heavy atom. The number of pyridine rings is 1. The standard InChI is InChI=1S/C25H23F3N2O6/c1-34-21-10-8-18(30-23(21)15-3-6-17(7-4-15)25(26,27)28)19(32)14-29-24(33)16-5-9-20(36-12-11-31)22(13-16)35-2/h3-10,13,31H,11-12,14H2,1-2H3,(H,29,33). The van der Waals surface area contributed by atoms with E-state index in [0.717, 1.165) is 12.1 Å². The van der Waals surface area contributed by atoms with E-state index in [0.29, 0.717) is 11.3 Å². The minimum atomic E-state index is -4.48. The van der Waals surface area contributed by atoms with Crippen molar-refractivity contribution in [2.45, 2.75) is 6.18 Å². The minimum absolute atomic E-state index is 0.00340. The molecule has 0 unspecified atom stereocenters. The first-order valence-corrected chi connectivity index (χ1v) is 10.6. The molecule has 0 aliphatic rings. The maximum Gasteiger partial charge on any atom is 0.416 e. The van der Waals surface area contributed by atoms with Crippen LogP contribution in [0.4, 0.5) is 13.2 Å². The summed E-state index contributed by atoms with van der Waals surface area (Å²) >= 11 is 0. The van der Waals surface area contributed by atoms with Crippen LogP contribution in [0, 0.1) is 0 Å². The molecule has 1 aromatic heterocycles. The van der Waals surface area contributed by atoms with Crippen molar-refractivity contribution in [3.63, 3.8) is 0 Å². The lowest BCUT2D eigenvalue weighted by Crippen LogP contribution is -2.30. The zero-order valence-electron chi connectivity index (χ0n) is 19.4. The molecule has 0 bridgehead atoms. The molecule has 2 N–H and O–H groups in total. The molecule has 3 rings (SSSR count). The first-order chi connectivity index (χ1) is 17.2. The number of nitrogens with one attached hydrogen (secondary N) is 1. The first-order valence-electron chi connectivity index (χ1n) is 10.6. The van der Waals surface area contributed by atoms with E-state index in [1.807, 2.05) is 0 Å². The Balaban J connectivity index is 1.74. The van der Waals surface area contributed by atoms with Crippen LogP contribution in [0.25, 0.3) is 11.3 Å². The summed E-state index contributed by atoms with van der Waals surface area (Å²) in [6.45, 7) is -0.511. The van der Waals surface area contributed by atoms with Crippen LogP contribution in [0.5, 0.6) is 17.2 Å². The van der Waals surface area contributed by atoms with Crippen LogP contribution in [0.1, 0.15) is 26.4 Å². The Morgan fingerprint density at radius 3 is 2.22 bits per heavy atom. The van der Waals surface area contributed by atoms with Gasteiger partial charge in [0.05, 0.1) is 32.9 Å². The molecule has 0 saturated heterocycles. The highest BCUT2D eigenvalue weighted by atomic mass is 19.4. The number of ketones is 1. The van der Waals surface area contributed by atoms with E-state index in [4.69, 9.17) is 19.3 Å². The normalized spacial score (nSPS) is 11.1. The number of halogens is 3. The molecule has 1 heterocycles. The predicted molar refractivity (Wildman–Crippen MR) is 123 cm³/mol. The molecule has 3 aromatic rings. The van der Waals surface area contributed by atoms with E-state index in [-0.39, 0.29) is 48.2 Å². The molecule has 0 radical (unpaired) electrons. The number of nitrogens with zero attached hydrogens (tertiary/aromatic N) is 1. The molecule has 11 heteroatoms. The van der Waals surface area contributed by atoms with Gasteiger partial charge in [-0.2, -0.15) is 13.2 Å². The van der Waals surface area contributed by atoms with Crippen molar-refractivity contribution in [2.24, 2.45) is 0 Å². The van der Waals surface area contributed by atoms with Gasteiger partial charge in [-0.15, -0.1) is 0 Å². The molecule has 0 fully saturated rings. The number of carbonyl (C=O) groups is 2. The van der Waals surface area contributed by atoms with Gasteiger partial charge in [-0.1, -0.05) is 12.1 Å². The second kappa shape index (κ2) is 11.5. The number of Topliss-reactive ketones (excluding diaryl/α,β-unsaturated/α-hetero) is 1. The number of carbonyl (C=O) groups excluding carboxylic acids is 2. The van der Waals surface area contributed by atoms with Crippen LogP contribution in [0.2, 0.25) is 0 Å². The quantitative estimate of drug-likeness (QED) is 0.405. The van der Waals surface area contributed by atoms with Crippen LogP contribution in [0.15, 0.2) is 54.6 Å². The summed E-state index contributed by atoms with van der Waals surface area (Å²) in [4.78, 5) is 29.5. The Kier molecular flexibility index (Phi) is 8.49. The van der Waals surface area contributed by atoms with Crippen molar-refractivity contribution in [1.82, 2.24) is 10.3 Å². The zero-order valence-corrected chi connectivity index (χ0v) is 19.4. The summed E-state index contributed by atoms with van der Waals surface area (Å²) < 4.78 is 54.4. The van der Waals surface area contributed by atoms with Gasteiger partial charge >= 0.3 is 6.18 Å². The number of hydrogen-bond donors (Lipinski definition) is 2. The zero-order chi connectivity index (χ0) is 26.3. The van der Waals surface area contributed by atoms with E-state index >= 15 is 0 Å². The number of benzene rings is 2. The van der Waals surface area contributed by atoms with Gasteiger partial charge in [-0.25, -0.2) is 4.98 Å². The number of methoxy groups -OCH3 is 2. The van der Waals surface area contributed by atoms with Gasteiger partial charge in [0.1, 0.15) is 23.7 Å². The second-order valence-electron chi connectivity index (χ2n) is 7.37. The number of aliphatic hydroxyl groups excluding tert-OH is 1. The van der Waals surface area contributed by atoms with Gasteiger partial charge in [-0.05, 0) is 42.5 Å². The smallest absolute Gasteiger partial charge is 0.416 e. The number of amides is 1. The molecular formula is C25H23F3N2O6.